The zero-order valence-corrected chi connectivity index (χ0v) is 14.3. The molecule has 0 spiro atoms. The van der Waals surface area contributed by atoms with Crippen molar-refractivity contribution in [1.29, 1.82) is 0 Å². The van der Waals surface area contributed by atoms with Crippen LogP contribution in [0, 0.1) is 6.92 Å². The molecule has 0 saturated heterocycles. The van der Waals surface area contributed by atoms with Crippen LogP contribution in [0.15, 0.2) is 52.0 Å². The van der Waals surface area contributed by atoms with E-state index in [2.05, 4.69) is 24.8 Å². The Hall–Kier alpha value is -3.63. The minimum atomic E-state index is -4.75. The lowest BCUT2D eigenvalue weighted by Crippen LogP contribution is -2.22. The summed E-state index contributed by atoms with van der Waals surface area (Å²) in [4.78, 5) is 12.6. The lowest BCUT2D eigenvalue weighted by molar-refractivity contribution is -0.274. The van der Waals surface area contributed by atoms with Crippen molar-refractivity contribution in [2.75, 3.05) is 0 Å². The number of aryl methyl sites for hydroxylation is 1. The first-order valence-electron chi connectivity index (χ1n) is 8.03. The Morgan fingerprint density at radius 3 is 2.43 bits per heavy atom. The van der Waals surface area contributed by atoms with E-state index in [1.54, 1.807) is 25.3 Å². The maximum Gasteiger partial charge on any atom is 0.573 e. The molecule has 0 unspecified atom stereocenters. The summed E-state index contributed by atoms with van der Waals surface area (Å²) in [5, 5.41) is 11.6. The highest BCUT2D eigenvalue weighted by Gasteiger charge is 2.30. The van der Waals surface area contributed by atoms with E-state index in [0.717, 1.165) is 0 Å². The normalized spacial score (nSPS) is 11.9. The molecule has 0 amide bonds. The summed E-state index contributed by atoms with van der Waals surface area (Å²) in [6.07, 6.45) is -3.19. The molecule has 0 N–H and O–H groups in total. The van der Waals surface area contributed by atoms with Gasteiger partial charge in [0, 0.05) is 6.20 Å². The Morgan fingerprint density at radius 1 is 1.07 bits per heavy atom. The number of alkyl halides is 3. The van der Waals surface area contributed by atoms with Crippen LogP contribution in [0.3, 0.4) is 0 Å². The Kier molecular flexibility index (Phi) is 4.13. The van der Waals surface area contributed by atoms with Crippen LogP contribution < -0.4 is 10.4 Å². The minimum Gasteiger partial charge on any atom is -0.406 e. The van der Waals surface area contributed by atoms with Crippen LogP contribution >= 0.6 is 0 Å². The molecular formula is C17H12F3N5O3. The third-order valence-electron chi connectivity index (χ3n) is 4.04. The monoisotopic (exact) mass is 391 g/mol. The molecule has 0 fully saturated rings. The van der Waals surface area contributed by atoms with E-state index in [1.807, 2.05) is 0 Å². The topological polar surface area (TPSA) is 87.4 Å². The molecule has 4 aromatic rings. The summed E-state index contributed by atoms with van der Waals surface area (Å²) in [5.74, 6) is -0.320. The van der Waals surface area contributed by atoms with E-state index >= 15 is 0 Å². The van der Waals surface area contributed by atoms with Crippen LogP contribution in [0.25, 0.3) is 16.8 Å². The van der Waals surface area contributed by atoms with E-state index in [4.69, 9.17) is 0 Å². The molecule has 0 aliphatic heterocycles. The first-order chi connectivity index (χ1) is 13.3. The number of nitrogens with zero attached hydrogens (tertiary/aromatic N) is 5. The van der Waals surface area contributed by atoms with Gasteiger partial charge in [-0.1, -0.05) is 22.4 Å². The van der Waals surface area contributed by atoms with Crippen molar-refractivity contribution >= 4 is 5.65 Å². The number of halogens is 3. The van der Waals surface area contributed by atoms with Crippen molar-refractivity contribution in [2.24, 2.45) is 0 Å². The molecule has 0 aliphatic rings. The minimum absolute atomic E-state index is 0.106. The Labute approximate surface area is 154 Å². The van der Waals surface area contributed by atoms with Gasteiger partial charge in [0.15, 0.2) is 5.65 Å². The lowest BCUT2D eigenvalue weighted by Gasteiger charge is -2.09. The molecule has 3 aromatic heterocycles. The molecule has 0 aliphatic carbocycles. The fourth-order valence-electron chi connectivity index (χ4n) is 2.68. The molecule has 0 atom stereocenters. The van der Waals surface area contributed by atoms with Gasteiger partial charge in [0.05, 0.1) is 6.54 Å². The molecule has 0 bridgehead atoms. The van der Waals surface area contributed by atoms with Gasteiger partial charge in [0.25, 0.3) is 0 Å². The van der Waals surface area contributed by atoms with Crippen LogP contribution in [-0.2, 0) is 6.54 Å². The Morgan fingerprint density at radius 2 is 1.79 bits per heavy atom. The number of ether oxygens (including phenoxy) is 1. The second-order valence-corrected chi connectivity index (χ2v) is 5.95. The van der Waals surface area contributed by atoms with Gasteiger partial charge in [-0.05, 0) is 42.3 Å². The summed E-state index contributed by atoms with van der Waals surface area (Å²) in [7, 11) is 0. The third-order valence-corrected chi connectivity index (χ3v) is 4.04. The standard InChI is InChI=1S/C17H12F3N5O3/c1-10-14(23-28-22-10)9-25-16(26)24-8-12(4-7-15(24)21-25)11-2-5-13(6-3-11)27-17(18,19)20/h2-8H,9H2,1H3. The number of benzene rings is 1. The zero-order valence-electron chi connectivity index (χ0n) is 14.3. The maximum absolute atomic E-state index is 12.6. The van der Waals surface area contributed by atoms with Gasteiger partial charge in [-0.15, -0.1) is 18.3 Å². The Bertz CT molecular complexity index is 1190. The van der Waals surface area contributed by atoms with E-state index in [-0.39, 0.29) is 12.3 Å². The Balaban J connectivity index is 1.65. The summed E-state index contributed by atoms with van der Waals surface area (Å²) in [5.41, 5.74) is 2.33. The molecule has 4 rings (SSSR count). The van der Waals surface area contributed by atoms with Gasteiger partial charge >= 0.3 is 12.1 Å². The lowest BCUT2D eigenvalue weighted by atomic mass is 10.1. The average molecular weight is 391 g/mol. The van der Waals surface area contributed by atoms with Crippen LogP contribution in [0.5, 0.6) is 5.75 Å². The molecule has 0 radical (unpaired) electrons. The third kappa shape index (κ3) is 3.46. The maximum atomic E-state index is 12.6. The number of fused-ring (bicyclic) bond motifs is 1. The van der Waals surface area contributed by atoms with E-state index in [9.17, 15) is 18.0 Å². The zero-order chi connectivity index (χ0) is 19.9. The van der Waals surface area contributed by atoms with Crippen molar-refractivity contribution in [3.63, 3.8) is 0 Å². The quantitative estimate of drug-likeness (QED) is 0.532. The van der Waals surface area contributed by atoms with Gasteiger partial charge in [-0.3, -0.25) is 0 Å². The highest BCUT2D eigenvalue weighted by Crippen LogP contribution is 2.26. The van der Waals surface area contributed by atoms with Gasteiger partial charge < -0.3 is 4.74 Å². The SMILES string of the molecule is Cc1nonc1Cn1nc2ccc(-c3ccc(OC(F)(F)F)cc3)cn2c1=O. The summed E-state index contributed by atoms with van der Waals surface area (Å²) < 4.78 is 47.8. The molecule has 11 heteroatoms. The van der Waals surface area contributed by atoms with Crippen LogP contribution in [0.1, 0.15) is 11.4 Å². The highest BCUT2D eigenvalue weighted by atomic mass is 19.4. The second kappa shape index (κ2) is 6.51. The van der Waals surface area contributed by atoms with Crippen molar-refractivity contribution < 1.29 is 22.5 Å². The molecule has 1 aromatic carbocycles. The number of pyridine rings is 1. The number of rotatable bonds is 4. The first kappa shape index (κ1) is 17.8. The fraction of sp³-hybridized carbons (Fsp3) is 0.176. The van der Waals surface area contributed by atoms with Crippen LogP contribution in [0.2, 0.25) is 0 Å². The number of hydrogen-bond acceptors (Lipinski definition) is 6. The van der Waals surface area contributed by atoms with Crippen molar-refractivity contribution in [2.45, 2.75) is 19.8 Å². The van der Waals surface area contributed by atoms with Crippen molar-refractivity contribution in [3.8, 4) is 16.9 Å². The van der Waals surface area contributed by atoms with Crippen molar-refractivity contribution in [3.05, 3.63) is 64.5 Å². The van der Waals surface area contributed by atoms with Crippen molar-refractivity contribution in [1.82, 2.24) is 24.5 Å². The average Bonchev–Trinajstić information content (AvgIpc) is 3.18. The number of hydrogen-bond donors (Lipinski definition) is 0. The van der Waals surface area contributed by atoms with Gasteiger partial charge in [0.2, 0.25) is 0 Å². The van der Waals surface area contributed by atoms with Gasteiger partial charge in [-0.25, -0.2) is 18.5 Å². The van der Waals surface area contributed by atoms with Crippen LogP contribution in [0.4, 0.5) is 13.2 Å². The summed E-state index contributed by atoms with van der Waals surface area (Å²) in [6, 6.07) is 8.72. The molecule has 3 heterocycles. The number of aromatic nitrogens is 5. The predicted octanol–water partition coefficient (Wildman–Crippen LogP) is 2.80. The molecule has 0 saturated carbocycles. The smallest absolute Gasteiger partial charge is 0.406 e. The predicted molar refractivity (Wildman–Crippen MR) is 89.7 cm³/mol. The van der Waals surface area contributed by atoms with Gasteiger partial charge in [-0.2, -0.15) is 0 Å². The van der Waals surface area contributed by atoms with E-state index in [1.165, 1.54) is 33.3 Å². The highest BCUT2D eigenvalue weighted by molar-refractivity contribution is 5.65. The summed E-state index contributed by atoms with van der Waals surface area (Å²) >= 11 is 0. The molecule has 8 nitrogen and oxygen atoms in total. The molecule has 144 valence electrons. The first-order valence-corrected chi connectivity index (χ1v) is 8.03. The second-order valence-electron chi connectivity index (χ2n) is 5.95. The van der Waals surface area contributed by atoms with Gasteiger partial charge in [0.1, 0.15) is 17.1 Å². The molecule has 28 heavy (non-hydrogen) atoms. The molecular weight excluding hydrogens is 379 g/mol. The summed E-state index contributed by atoms with van der Waals surface area (Å²) in [6.45, 7) is 1.81. The van der Waals surface area contributed by atoms with E-state index in [0.29, 0.717) is 28.2 Å². The fourth-order valence-corrected chi connectivity index (χ4v) is 2.68. The largest absolute Gasteiger partial charge is 0.573 e. The van der Waals surface area contributed by atoms with E-state index < -0.39 is 12.1 Å². The van der Waals surface area contributed by atoms with Crippen LogP contribution in [-0.4, -0.2) is 30.9 Å².